The first-order valence-corrected chi connectivity index (χ1v) is 5.73. The predicted molar refractivity (Wildman–Crippen MR) is 65.7 cm³/mol. The zero-order chi connectivity index (χ0) is 14.2. The summed E-state index contributed by atoms with van der Waals surface area (Å²) in [4.78, 5) is 7.69. The largest absolute Gasteiger partial charge is 0.416 e. The first-order valence-electron chi connectivity index (χ1n) is 5.73. The Morgan fingerprint density at radius 1 is 0.800 bits per heavy atom. The fourth-order valence-electron chi connectivity index (χ4n) is 1.88. The van der Waals surface area contributed by atoms with Gasteiger partial charge in [0.2, 0.25) is 0 Å². The molecule has 0 atom stereocenters. The van der Waals surface area contributed by atoms with Gasteiger partial charge in [-0.2, -0.15) is 13.2 Å². The number of halogens is 3. The maximum atomic E-state index is 13.0. The first-order chi connectivity index (χ1) is 9.54. The summed E-state index contributed by atoms with van der Waals surface area (Å²) in [6.45, 7) is 0. The molecule has 2 aromatic heterocycles. The van der Waals surface area contributed by atoms with E-state index in [-0.39, 0.29) is 0 Å². The minimum absolute atomic E-state index is 0.390. The van der Waals surface area contributed by atoms with Gasteiger partial charge in [0.25, 0.3) is 0 Å². The maximum Gasteiger partial charge on any atom is 0.416 e. The van der Waals surface area contributed by atoms with Crippen molar-refractivity contribution in [3.8, 4) is 11.4 Å². The lowest BCUT2D eigenvalue weighted by Crippen LogP contribution is -2.08. The highest BCUT2D eigenvalue weighted by Crippen LogP contribution is 2.32. The van der Waals surface area contributed by atoms with E-state index in [0.717, 1.165) is 12.1 Å². The van der Waals surface area contributed by atoms with E-state index in [9.17, 15) is 13.2 Å². The van der Waals surface area contributed by atoms with E-state index in [1.807, 2.05) is 0 Å². The maximum absolute atomic E-state index is 13.0. The summed E-state index contributed by atoms with van der Waals surface area (Å²) in [5, 5.41) is 0. The Balaban J connectivity index is 2.19. The van der Waals surface area contributed by atoms with Gasteiger partial charge in [-0.05, 0) is 18.2 Å². The van der Waals surface area contributed by atoms with Crippen molar-refractivity contribution in [2.45, 2.75) is 6.18 Å². The van der Waals surface area contributed by atoms with E-state index >= 15 is 0 Å². The molecule has 2 heterocycles. The van der Waals surface area contributed by atoms with E-state index in [0.29, 0.717) is 11.4 Å². The minimum Gasteiger partial charge on any atom is -0.306 e. The van der Waals surface area contributed by atoms with E-state index in [1.54, 1.807) is 18.5 Å². The highest BCUT2D eigenvalue weighted by molar-refractivity contribution is 5.48. The van der Waals surface area contributed by atoms with Crippen LogP contribution in [0, 0.1) is 0 Å². The molecule has 3 rings (SSSR count). The van der Waals surface area contributed by atoms with Crippen LogP contribution < -0.4 is 0 Å². The Morgan fingerprint density at radius 2 is 1.30 bits per heavy atom. The molecule has 7 heteroatoms. The van der Waals surface area contributed by atoms with Crippen LogP contribution in [-0.2, 0) is 6.18 Å². The second-order valence-corrected chi connectivity index (χ2v) is 4.18. The topological polar surface area (TPSA) is 35.6 Å². The highest BCUT2D eigenvalue weighted by Gasteiger charge is 2.31. The van der Waals surface area contributed by atoms with Gasteiger partial charge in [0.15, 0.2) is 0 Å². The number of rotatable bonds is 2. The molecule has 0 saturated heterocycles. The lowest BCUT2D eigenvalue weighted by atomic mass is 10.1. The summed E-state index contributed by atoms with van der Waals surface area (Å²) in [5.74, 6) is 0. The lowest BCUT2D eigenvalue weighted by molar-refractivity contribution is -0.137. The van der Waals surface area contributed by atoms with Gasteiger partial charge in [0, 0.05) is 36.2 Å². The Bertz CT molecular complexity index is 647. The van der Waals surface area contributed by atoms with Crippen molar-refractivity contribution >= 4 is 0 Å². The predicted octanol–water partition coefficient (Wildman–Crippen LogP) is 3.08. The zero-order valence-electron chi connectivity index (χ0n) is 10.1. The molecule has 0 spiro atoms. The lowest BCUT2D eigenvalue weighted by Gasteiger charge is -2.13. The number of alkyl halides is 3. The number of aromatic nitrogens is 4. The molecular formula is C13H9F3N4. The van der Waals surface area contributed by atoms with Crippen LogP contribution in [0.3, 0.4) is 0 Å². The molecule has 0 saturated carbocycles. The second-order valence-electron chi connectivity index (χ2n) is 4.18. The quantitative estimate of drug-likeness (QED) is 0.722. The van der Waals surface area contributed by atoms with Gasteiger partial charge in [-0.15, -0.1) is 0 Å². The Hall–Kier alpha value is -2.57. The Labute approximate surface area is 112 Å². The molecule has 0 aliphatic rings. The molecule has 0 fully saturated rings. The zero-order valence-corrected chi connectivity index (χ0v) is 10.1. The van der Waals surface area contributed by atoms with Crippen LogP contribution in [0.5, 0.6) is 0 Å². The Kier molecular flexibility index (Phi) is 2.81. The monoisotopic (exact) mass is 278 g/mol. The first kappa shape index (κ1) is 12.5. The molecular weight excluding hydrogens is 269 g/mol. The van der Waals surface area contributed by atoms with Crippen molar-refractivity contribution in [1.82, 2.24) is 19.1 Å². The second kappa shape index (κ2) is 4.52. The number of nitrogens with zero attached hydrogens (tertiary/aromatic N) is 4. The summed E-state index contributed by atoms with van der Waals surface area (Å²) in [6, 6.07) is 3.81. The van der Waals surface area contributed by atoms with Gasteiger partial charge in [-0.25, -0.2) is 9.97 Å². The molecule has 0 bridgehead atoms. The van der Waals surface area contributed by atoms with Crippen molar-refractivity contribution in [2.24, 2.45) is 0 Å². The summed E-state index contributed by atoms with van der Waals surface area (Å²) in [5.41, 5.74) is 0.0643. The number of hydrogen-bond acceptors (Lipinski definition) is 2. The van der Waals surface area contributed by atoms with Crippen LogP contribution in [0.4, 0.5) is 13.2 Å². The van der Waals surface area contributed by atoms with E-state index in [4.69, 9.17) is 0 Å². The van der Waals surface area contributed by atoms with Crippen LogP contribution in [0.1, 0.15) is 5.56 Å². The summed E-state index contributed by atoms with van der Waals surface area (Å²) < 4.78 is 42.0. The highest BCUT2D eigenvalue weighted by atomic mass is 19.4. The van der Waals surface area contributed by atoms with Gasteiger partial charge in [0.1, 0.15) is 0 Å². The van der Waals surface area contributed by atoms with Crippen molar-refractivity contribution in [2.75, 3.05) is 0 Å². The number of hydrogen-bond donors (Lipinski definition) is 0. The molecule has 20 heavy (non-hydrogen) atoms. The van der Waals surface area contributed by atoms with E-state index in [1.165, 1.54) is 34.2 Å². The van der Waals surface area contributed by atoms with Gasteiger partial charge in [-0.3, -0.25) is 0 Å². The van der Waals surface area contributed by atoms with Crippen LogP contribution >= 0.6 is 0 Å². The summed E-state index contributed by atoms with van der Waals surface area (Å²) in [7, 11) is 0. The van der Waals surface area contributed by atoms with Crippen molar-refractivity contribution < 1.29 is 13.2 Å². The minimum atomic E-state index is -4.41. The molecule has 0 unspecified atom stereocenters. The number of imidazole rings is 2. The average Bonchev–Trinajstić information content (AvgIpc) is 3.10. The van der Waals surface area contributed by atoms with Crippen molar-refractivity contribution in [1.29, 1.82) is 0 Å². The molecule has 4 nitrogen and oxygen atoms in total. The summed E-state index contributed by atoms with van der Waals surface area (Å²) in [6.07, 6.45) is 4.70. The molecule has 102 valence electrons. The molecule has 0 aliphatic carbocycles. The van der Waals surface area contributed by atoms with E-state index < -0.39 is 11.7 Å². The average molecular weight is 278 g/mol. The van der Waals surface area contributed by atoms with Gasteiger partial charge >= 0.3 is 6.18 Å². The smallest absolute Gasteiger partial charge is 0.306 e. The normalized spacial score (nSPS) is 11.8. The molecule has 0 amide bonds. The Morgan fingerprint density at radius 3 is 1.65 bits per heavy atom. The summed E-state index contributed by atoms with van der Waals surface area (Å²) >= 11 is 0. The SMILES string of the molecule is FC(F)(F)c1cc(-n2ccnc2)cc(-n2ccnc2)c1. The molecule has 0 radical (unpaired) electrons. The van der Waals surface area contributed by atoms with Crippen LogP contribution in [0.15, 0.2) is 55.6 Å². The fourth-order valence-corrected chi connectivity index (χ4v) is 1.88. The van der Waals surface area contributed by atoms with Crippen LogP contribution in [0.25, 0.3) is 11.4 Å². The van der Waals surface area contributed by atoms with Gasteiger partial charge in [-0.1, -0.05) is 0 Å². The standard InChI is InChI=1S/C13H9F3N4/c14-13(15,16)10-5-11(19-3-1-17-8-19)7-12(6-10)20-4-2-18-9-20/h1-9H. The fraction of sp³-hybridized carbons (Fsp3) is 0.0769. The van der Waals surface area contributed by atoms with Crippen LogP contribution in [0.2, 0.25) is 0 Å². The molecule has 0 aliphatic heterocycles. The molecule has 3 aromatic rings. The van der Waals surface area contributed by atoms with Crippen molar-refractivity contribution in [3.63, 3.8) is 0 Å². The third-order valence-corrected chi connectivity index (χ3v) is 2.83. The van der Waals surface area contributed by atoms with Gasteiger partial charge in [0.05, 0.1) is 18.2 Å². The van der Waals surface area contributed by atoms with Gasteiger partial charge < -0.3 is 9.13 Å². The third-order valence-electron chi connectivity index (χ3n) is 2.83. The third kappa shape index (κ3) is 2.29. The van der Waals surface area contributed by atoms with Crippen LogP contribution in [-0.4, -0.2) is 19.1 Å². The molecule has 1 aromatic carbocycles. The number of benzene rings is 1. The molecule has 0 N–H and O–H groups in total. The van der Waals surface area contributed by atoms with E-state index in [2.05, 4.69) is 9.97 Å². The van der Waals surface area contributed by atoms with Crippen molar-refractivity contribution in [3.05, 3.63) is 61.2 Å².